The van der Waals surface area contributed by atoms with Gasteiger partial charge in [-0.3, -0.25) is 4.21 Å². The average molecular weight is 231 g/mol. The predicted molar refractivity (Wildman–Crippen MR) is 67.6 cm³/mol. The maximum atomic E-state index is 12.1. The van der Waals surface area contributed by atoms with Gasteiger partial charge in [0.1, 0.15) is 0 Å². The normalized spacial score (nSPS) is 31.1. The van der Waals surface area contributed by atoms with Crippen molar-refractivity contribution >= 4 is 10.8 Å². The van der Waals surface area contributed by atoms with Gasteiger partial charge in [-0.05, 0) is 32.2 Å². The van der Waals surface area contributed by atoms with Crippen LogP contribution in [0.25, 0.3) is 0 Å². The highest BCUT2D eigenvalue weighted by molar-refractivity contribution is 7.85. The molecule has 1 N–H and O–H groups in total. The van der Waals surface area contributed by atoms with Crippen LogP contribution in [0.3, 0.4) is 0 Å². The van der Waals surface area contributed by atoms with Crippen LogP contribution in [0.2, 0.25) is 0 Å². The molecule has 4 atom stereocenters. The lowest BCUT2D eigenvalue weighted by atomic mass is 9.91. The lowest BCUT2D eigenvalue weighted by molar-refractivity contribution is 0.388. The summed E-state index contributed by atoms with van der Waals surface area (Å²) < 4.78 is 12.1. The van der Waals surface area contributed by atoms with E-state index in [2.05, 4.69) is 19.2 Å². The van der Waals surface area contributed by atoms with E-state index < -0.39 is 10.8 Å². The van der Waals surface area contributed by atoms with Crippen molar-refractivity contribution in [2.75, 3.05) is 12.8 Å². The first-order valence-electron chi connectivity index (χ1n) is 6.21. The van der Waals surface area contributed by atoms with E-state index in [0.717, 1.165) is 18.1 Å². The molecule has 0 aromatic carbocycles. The average Bonchev–Trinajstić information content (AvgIpc) is 2.25. The highest BCUT2D eigenvalue weighted by Crippen LogP contribution is 2.27. The molecule has 1 aliphatic carbocycles. The van der Waals surface area contributed by atoms with Crippen LogP contribution in [0.1, 0.15) is 46.0 Å². The third-order valence-corrected chi connectivity index (χ3v) is 5.43. The Balaban J connectivity index is 2.38. The fourth-order valence-corrected chi connectivity index (χ4v) is 4.40. The maximum absolute atomic E-state index is 12.1. The Bertz CT molecular complexity index is 204. The molecule has 1 fully saturated rings. The first-order valence-corrected chi connectivity index (χ1v) is 7.60. The molecule has 0 aromatic heterocycles. The summed E-state index contributed by atoms with van der Waals surface area (Å²) in [5.74, 6) is 1.62. The number of hydrogen-bond acceptors (Lipinski definition) is 2. The van der Waals surface area contributed by atoms with Gasteiger partial charge in [0, 0.05) is 27.8 Å². The van der Waals surface area contributed by atoms with Crippen LogP contribution < -0.4 is 5.32 Å². The van der Waals surface area contributed by atoms with Gasteiger partial charge in [-0.2, -0.15) is 0 Å². The molecule has 0 heterocycles. The zero-order valence-electron chi connectivity index (χ0n) is 10.3. The summed E-state index contributed by atoms with van der Waals surface area (Å²) in [7, 11) is 1.35. The Morgan fingerprint density at radius 2 is 2.20 bits per heavy atom. The molecule has 0 bridgehead atoms. The third kappa shape index (κ3) is 4.23. The van der Waals surface area contributed by atoms with Gasteiger partial charge in [-0.1, -0.05) is 26.7 Å². The monoisotopic (exact) mass is 231 g/mol. The SMILES string of the molecule is CCC(CS(=O)C1CCCC(C)C1)NC. The summed E-state index contributed by atoms with van der Waals surface area (Å²) in [6, 6.07) is 0.433. The molecule has 90 valence electrons. The smallest absolute Gasteiger partial charge is 0.0391 e. The van der Waals surface area contributed by atoms with Crippen molar-refractivity contribution in [2.24, 2.45) is 5.92 Å². The Hall–Kier alpha value is 0.110. The van der Waals surface area contributed by atoms with E-state index in [0.29, 0.717) is 11.3 Å². The first-order chi connectivity index (χ1) is 7.17. The molecule has 1 aliphatic rings. The summed E-state index contributed by atoms with van der Waals surface area (Å²) in [4.78, 5) is 0. The lowest BCUT2D eigenvalue weighted by Gasteiger charge is -2.27. The Morgan fingerprint density at radius 3 is 2.73 bits per heavy atom. The summed E-state index contributed by atoms with van der Waals surface area (Å²) >= 11 is 0. The second kappa shape index (κ2) is 6.64. The second-order valence-electron chi connectivity index (χ2n) is 4.84. The predicted octanol–water partition coefficient (Wildman–Crippen LogP) is 2.31. The number of nitrogens with one attached hydrogen (secondary N) is 1. The van der Waals surface area contributed by atoms with Crippen molar-refractivity contribution in [1.29, 1.82) is 0 Å². The van der Waals surface area contributed by atoms with Crippen LogP contribution in [0.15, 0.2) is 0 Å². The molecule has 0 radical (unpaired) electrons. The number of hydrogen-bond donors (Lipinski definition) is 1. The number of rotatable bonds is 5. The molecule has 0 amide bonds. The topological polar surface area (TPSA) is 29.1 Å². The van der Waals surface area contributed by atoms with Crippen molar-refractivity contribution in [1.82, 2.24) is 5.32 Å². The van der Waals surface area contributed by atoms with Crippen LogP contribution in [-0.4, -0.2) is 28.3 Å². The summed E-state index contributed by atoms with van der Waals surface area (Å²) in [6.45, 7) is 4.45. The molecule has 3 heteroatoms. The molecule has 0 aromatic rings. The van der Waals surface area contributed by atoms with Gasteiger partial charge in [0.25, 0.3) is 0 Å². The van der Waals surface area contributed by atoms with E-state index in [-0.39, 0.29) is 0 Å². The lowest BCUT2D eigenvalue weighted by Crippen LogP contribution is -2.35. The fraction of sp³-hybridized carbons (Fsp3) is 1.00. The molecule has 15 heavy (non-hydrogen) atoms. The molecular weight excluding hydrogens is 206 g/mol. The van der Waals surface area contributed by atoms with Crippen molar-refractivity contribution in [3.05, 3.63) is 0 Å². The van der Waals surface area contributed by atoms with Gasteiger partial charge in [0.2, 0.25) is 0 Å². The highest BCUT2D eigenvalue weighted by Gasteiger charge is 2.24. The van der Waals surface area contributed by atoms with Crippen LogP contribution in [0.5, 0.6) is 0 Å². The van der Waals surface area contributed by atoms with E-state index in [1.54, 1.807) is 0 Å². The first kappa shape index (κ1) is 13.2. The summed E-state index contributed by atoms with van der Waals surface area (Å²) in [5.41, 5.74) is 0. The minimum absolute atomic E-state index is 0.433. The van der Waals surface area contributed by atoms with Crippen LogP contribution in [0, 0.1) is 5.92 Å². The zero-order chi connectivity index (χ0) is 11.3. The van der Waals surface area contributed by atoms with Crippen LogP contribution in [0.4, 0.5) is 0 Å². The highest BCUT2D eigenvalue weighted by atomic mass is 32.2. The van der Waals surface area contributed by atoms with Crippen molar-refractivity contribution in [3.8, 4) is 0 Å². The van der Waals surface area contributed by atoms with Gasteiger partial charge < -0.3 is 5.32 Å². The van der Waals surface area contributed by atoms with Gasteiger partial charge in [-0.15, -0.1) is 0 Å². The van der Waals surface area contributed by atoms with E-state index >= 15 is 0 Å². The summed E-state index contributed by atoms with van der Waals surface area (Å²) in [6.07, 6.45) is 6.03. The fourth-order valence-electron chi connectivity index (χ4n) is 2.36. The van der Waals surface area contributed by atoms with Crippen LogP contribution in [-0.2, 0) is 10.8 Å². The van der Waals surface area contributed by atoms with Gasteiger partial charge in [0.15, 0.2) is 0 Å². The quantitative estimate of drug-likeness (QED) is 0.787. The molecule has 0 saturated heterocycles. The molecule has 2 nitrogen and oxygen atoms in total. The second-order valence-corrected chi connectivity index (χ2v) is 6.60. The summed E-state index contributed by atoms with van der Waals surface area (Å²) in [5, 5.41) is 3.71. The van der Waals surface area contributed by atoms with E-state index in [1.165, 1.54) is 25.7 Å². The molecular formula is C12H25NOS. The minimum Gasteiger partial charge on any atom is -0.316 e. The molecule has 0 spiro atoms. The van der Waals surface area contributed by atoms with Crippen LogP contribution >= 0.6 is 0 Å². The Labute approximate surface area is 96.7 Å². The Morgan fingerprint density at radius 1 is 1.47 bits per heavy atom. The Kier molecular flexibility index (Phi) is 5.83. The third-order valence-electron chi connectivity index (χ3n) is 3.53. The molecule has 1 saturated carbocycles. The minimum atomic E-state index is -0.619. The van der Waals surface area contributed by atoms with Gasteiger partial charge in [0.05, 0.1) is 0 Å². The molecule has 0 aliphatic heterocycles. The van der Waals surface area contributed by atoms with Crippen molar-refractivity contribution in [3.63, 3.8) is 0 Å². The van der Waals surface area contributed by atoms with E-state index in [4.69, 9.17) is 0 Å². The van der Waals surface area contributed by atoms with E-state index in [9.17, 15) is 4.21 Å². The zero-order valence-corrected chi connectivity index (χ0v) is 11.1. The molecule has 4 unspecified atom stereocenters. The molecule has 1 rings (SSSR count). The van der Waals surface area contributed by atoms with E-state index in [1.807, 2.05) is 7.05 Å². The van der Waals surface area contributed by atoms with Gasteiger partial charge in [-0.25, -0.2) is 0 Å². The largest absolute Gasteiger partial charge is 0.316 e. The maximum Gasteiger partial charge on any atom is 0.0391 e. The van der Waals surface area contributed by atoms with Gasteiger partial charge >= 0.3 is 0 Å². The standard InChI is InChI=1S/C12H25NOS/c1-4-11(13-3)9-15(14)12-7-5-6-10(2)8-12/h10-13H,4-9H2,1-3H3. The van der Waals surface area contributed by atoms with Crippen molar-refractivity contribution in [2.45, 2.75) is 57.2 Å². The van der Waals surface area contributed by atoms with Crippen molar-refractivity contribution < 1.29 is 4.21 Å².